The number of Topliss-reactive ketones (excluding diaryl/α,β-unsaturated/α-hetero) is 1. The molecule has 6 heteroatoms. The van der Waals surface area contributed by atoms with Gasteiger partial charge in [0.1, 0.15) is 5.60 Å². The summed E-state index contributed by atoms with van der Waals surface area (Å²) in [5.41, 5.74) is 0.121. The molecule has 3 rings (SSSR count). The van der Waals surface area contributed by atoms with Gasteiger partial charge in [-0.2, -0.15) is 0 Å². The predicted molar refractivity (Wildman–Crippen MR) is 109 cm³/mol. The molecule has 0 bridgehead atoms. The Labute approximate surface area is 175 Å². The maximum Gasteiger partial charge on any atom is 0.321 e. The third-order valence-corrected chi connectivity index (χ3v) is 5.50. The summed E-state index contributed by atoms with van der Waals surface area (Å²) >= 11 is 5.97. The van der Waals surface area contributed by atoms with E-state index >= 15 is 0 Å². The number of carbonyl (C=O) groups excluding carboxylic acids is 3. The molecule has 0 N–H and O–H groups in total. The minimum absolute atomic E-state index is 0.136. The summed E-state index contributed by atoms with van der Waals surface area (Å²) in [5.74, 6) is -4.21. The zero-order valence-corrected chi connectivity index (χ0v) is 17.3. The predicted octanol–water partition coefficient (Wildman–Crippen LogP) is 4.44. The lowest BCUT2D eigenvalue weighted by Gasteiger charge is -2.33. The summed E-state index contributed by atoms with van der Waals surface area (Å²) in [6.45, 7) is 5.25. The topological polar surface area (TPSA) is 69.7 Å². The number of ketones is 1. The molecule has 1 saturated heterocycles. The summed E-state index contributed by atoms with van der Waals surface area (Å²) in [5, 5.41) is 0.516. The van der Waals surface area contributed by atoms with Crippen molar-refractivity contribution in [3.63, 3.8) is 0 Å². The maximum absolute atomic E-state index is 13.6. The number of hydrogen-bond acceptors (Lipinski definition) is 5. The molecule has 2 aromatic carbocycles. The Morgan fingerprint density at radius 3 is 2.31 bits per heavy atom. The number of cyclic esters (lactones) is 1. The summed E-state index contributed by atoms with van der Waals surface area (Å²) in [4.78, 5) is 38.8. The highest BCUT2D eigenvalue weighted by atomic mass is 35.5. The van der Waals surface area contributed by atoms with Crippen molar-refractivity contribution < 1.29 is 23.9 Å². The average Bonchev–Trinajstić information content (AvgIpc) is 2.92. The van der Waals surface area contributed by atoms with Gasteiger partial charge in [-0.1, -0.05) is 41.9 Å². The Morgan fingerprint density at radius 2 is 1.72 bits per heavy atom. The fourth-order valence-electron chi connectivity index (χ4n) is 3.98. The smallest absolute Gasteiger partial charge is 0.321 e. The van der Waals surface area contributed by atoms with Crippen LogP contribution in [-0.4, -0.2) is 29.9 Å². The molecule has 0 spiro atoms. The molecule has 0 amide bonds. The van der Waals surface area contributed by atoms with Gasteiger partial charge in [-0.25, -0.2) is 0 Å². The fraction of sp³-hybridized carbons (Fsp3) is 0.348. The van der Waals surface area contributed by atoms with Crippen molar-refractivity contribution in [2.75, 3.05) is 6.61 Å². The molecular weight excluding hydrogens is 392 g/mol. The molecular formula is C23H23ClO5. The van der Waals surface area contributed by atoms with E-state index in [0.717, 1.165) is 0 Å². The molecule has 1 aliphatic rings. The van der Waals surface area contributed by atoms with Crippen molar-refractivity contribution in [1.29, 1.82) is 0 Å². The van der Waals surface area contributed by atoms with Gasteiger partial charge < -0.3 is 9.47 Å². The van der Waals surface area contributed by atoms with Gasteiger partial charge >= 0.3 is 11.9 Å². The first-order chi connectivity index (χ1) is 13.8. The van der Waals surface area contributed by atoms with Crippen molar-refractivity contribution in [1.82, 2.24) is 0 Å². The van der Waals surface area contributed by atoms with Crippen LogP contribution in [-0.2, 0) is 19.1 Å². The van der Waals surface area contributed by atoms with Gasteiger partial charge in [-0.05, 0) is 50.6 Å². The lowest BCUT2D eigenvalue weighted by Crippen LogP contribution is -2.41. The minimum Gasteiger partial charge on any atom is -0.465 e. The monoisotopic (exact) mass is 414 g/mol. The van der Waals surface area contributed by atoms with Gasteiger partial charge in [0.15, 0.2) is 11.7 Å². The first-order valence-electron chi connectivity index (χ1n) is 9.50. The van der Waals surface area contributed by atoms with Crippen LogP contribution in [0.3, 0.4) is 0 Å². The highest BCUT2D eigenvalue weighted by Crippen LogP contribution is 2.47. The van der Waals surface area contributed by atoms with Crippen LogP contribution in [0.1, 0.15) is 42.6 Å². The summed E-state index contributed by atoms with van der Waals surface area (Å²) in [7, 11) is 0. The second-order valence-electron chi connectivity index (χ2n) is 7.54. The number of carbonyl (C=O) groups is 3. The van der Waals surface area contributed by atoms with E-state index < -0.39 is 35.3 Å². The Balaban J connectivity index is 2.13. The van der Waals surface area contributed by atoms with Crippen molar-refractivity contribution in [3.05, 3.63) is 70.7 Å². The maximum atomic E-state index is 13.6. The zero-order valence-electron chi connectivity index (χ0n) is 16.6. The van der Waals surface area contributed by atoms with E-state index in [-0.39, 0.29) is 12.4 Å². The van der Waals surface area contributed by atoms with Crippen LogP contribution in [0.15, 0.2) is 54.6 Å². The number of halogens is 1. The highest BCUT2D eigenvalue weighted by Gasteiger charge is 2.58. The fourth-order valence-corrected chi connectivity index (χ4v) is 4.11. The van der Waals surface area contributed by atoms with Gasteiger partial charge in [0.05, 0.1) is 12.5 Å². The molecule has 2 aromatic rings. The Bertz CT molecular complexity index is 905. The summed E-state index contributed by atoms with van der Waals surface area (Å²) in [6.07, 6.45) is 0. The SMILES string of the molecule is CCOC(=O)C1C(=O)OC(C)(C)C1C(C(=O)c1ccc(Cl)cc1)c1ccccc1. The number of hydrogen-bond donors (Lipinski definition) is 0. The molecule has 0 aliphatic carbocycles. The second-order valence-corrected chi connectivity index (χ2v) is 7.98. The van der Waals surface area contributed by atoms with Crippen LogP contribution in [0, 0.1) is 11.8 Å². The van der Waals surface area contributed by atoms with Crippen LogP contribution >= 0.6 is 11.6 Å². The van der Waals surface area contributed by atoms with E-state index in [2.05, 4.69) is 0 Å². The Hall–Kier alpha value is -2.66. The summed E-state index contributed by atoms with van der Waals surface area (Å²) < 4.78 is 10.7. The molecule has 0 saturated carbocycles. The zero-order chi connectivity index (χ0) is 21.2. The summed E-state index contributed by atoms with van der Waals surface area (Å²) in [6, 6.07) is 15.7. The van der Waals surface area contributed by atoms with E-state index in [1.54, 1.807) is 45.0 Å². The number of benzene rings is 2. The largest absolute Gasteiger partial charge is 0.465 e. The number of rotatable bonds is 6. The molecule has 29 heavy (non-hydrogen) atoms. The molecule has 1 heterocycles. The molecule has 5 nitrogen and oxygen atoms in total. The van der Waals surface area contributed by atoms with Crippen molar-refractivity contribution in [2.24, 2.45) is 11.8 Å². The third-order valence-electron chi connectivity index (χ3n) is 5.25. The lowest BCUT2D eigenvalue weighted by atomic mass is 9.69. The molecule has 0 aromatic heterocycles. The van der Waals surface area contributed by atoms with E-state index in [1.807, 2.05) is 30.3 Å². The number of ether oxygens (including phenoxy) is 2. The molecule has 1 fully saturated rings. The van der Waals surface area contributed by atoms with Crippen LogP contribution in [0.25, 0.3) is 0 Å². The van der Waals surface area contributed by atoms with E-state index in [9.17, 15) is 14.4 Å². The third kappa shape index (κ3) is 4.20. The first-order valence-corrected chi connectivity index (χ1v) is 9.88. The average molecular weight is 415 g/mol. The standard InChI is InChI=1S/C23H23ClO5/c1-4-28-21(26)18-19(23(2,3)29-22(18)27)17(14-8-6-5-7-9-14)20(25)15-10-12-16(24)13-11-15/h5-13,17-19H,4H2,1-3H3. The minimum atomic E-state index is -1.17. The van der Waals surface area contributed by atoms with Crippen LogP contribution in [0.2, 0.25) is 5.02 Å². The van der Waals surface area contributed by atoms with E-state index in [1.165, 1.54) is 0 Å². The second kappa shape index (κ2) is 8.37. The molecule has 152 valence electrons. The number of esters is 2. The van der Waals surface area contributed by atoms with E-state index in [0.29, 0.717) is 16.1 Å². The van der Waals surface area contributed by atoms with Crippen LogP contribution < -0.4 is 0 Å². The van der Waals surface area contributed by atoms with Gasteiger partial charge in [0.2, 0.25) is 0 Å². The van der Waals surface area contributed by atoms with E-state index in [4.69, 9.17) is 21.1 Å². The van der Waals surface area contributed by atoms with Gasteiger partial charge in [-0.15, -0.1) is 0 Å². The highest BCUT2D eigenvalue weighted by molar-refractivity contribution is 6.30. The molecule has 1 aliphatic heterocycles. The quantitative estimate of drug-likeness (QED) is 0.397. The van der Waals surface area contributed by atoms with Gasteiger partial charge in [0.25, 0.3) is 0 Å². The molecule has 0 radical (unpaired) electrons. The normalized spacial score (nSPS) is 21.3. The van der Waals surface area contributed by atoms with Crippen LogP contribution in [0.4, 0.5) is 0 Å². The Kier molecular flexibility index (Phi) is 6.08. The molecule has 3 unspecified atom stereocenters. The van der Waals surface area contributed by atoms with Crippen molar-refractivity contribution in [3.8, 4) is 0 Å². The van der Waals surface area contributed by atoms with Gasteiger partial charge in [-0.3, -0.25) is 14.4 Å². The molecule has 3 atom stereocenters. The first kappa shape index (κ1) is 21.1. The lowest BCUT2D eigenvalue weighted by molar-refractivity contribution is -0.157. The van der Waals surface area contributed by atoms with Crippen molar-refractivity contribution in [2.45, 2.75) is 32.3 Å². The van der Waals surface area contributed by atoms with Gasteiger partial charge in [0, 0.05) is 16.5 Å². The Morgan fingerprint density at radius 1 is 1.10 bits per heavy atom. The van der Waals surface area contributed by atoms with Crippen LogP contribution in [0.5, 0.6) is 0 Å². The van der Waals surface area contributed by atoms with Crippen molar-refractivity contribution >= 4 is 29.3 Å².